The van der Waals surface area contributed by atoms with Crippen molar-refractivity contribution in [3.05, 3.63) is 35.5 Å². The Morgan fingerprint density at radius 2 is 2.03 bits per heavy atom. The molecule has 2 aromatic heterocycles. The molecule has 30 heavy (non-hydrogen) atoms. The molecule has 2 aromatic rings. The number of fused-ring (bicyclic) bond motifs is 1. The molecule has 2 fully saturated rings. The van der Waals surface area contributed by atoms with Crippen molar-refractivity contribution >= 4 is 11.8 Å². The predicted octanol–water partition coefficient (Wildman–Crippen LogP) is 2.92. The van der Waals surface area contributed by atoms with E-state index >= 15 is 0 Å². The van der Waals surface area contributed by atoms with Crippen LogP contribution < -0.4 is 5.32 Å². The Morgan fingerprint density at radius 3 is 2.87 bits per heavy atom. The molecule has 1 aliphatic carbocycles. The van der Waals surface area contributed by atoms with Crippen molar-refractivity contribution < 1.29 is 14.1 Å². The Balaban J connectivity index is 1.63. The van der Waals surface area contributed by atoms with E-state index in [2.05, 4.69) is 15.6 Å². The molecule has 8 nitrogen and oxygen atoms in total. The van der Waals surface area contributed by atoms with Gasteiger partial charge in [0.25, 0.3) is 5.91 Å². The van der Waals surface area contributed by atoms with Gasteiger partial charge in [0.2, 0.25) is 5.91 Å². The van der Waals surface area contributed by atoms with Crippen molar-refractivity contribution in [2.75, 3.05) is 13.1 Å². The number of hydrogen-bond donors (Lipinski definition) is 1. The van der Waals surface area contributed by atoms with Crippen LogP contribution in [-0.4, -0.2) is 50.8 Å². The zero-order valence-corrected chi connectivity index (χ0v) is 17.7. The minimum Gasteiger partial charge on any atom is -0.361 e. The summed E-state index contributed by atoms with van der Waals surface area (Å²) in [6.45, 7) is 3.64. The van der Waals surface area contributed by atoms with Crippen molar-refractivity contribution in [1.82, 2.24) is 25.2 Å². The maximum Gasteiger partial charge on any atom is 0.276 e. The maximum absolute atomic E-state index is 13.7. The quantitative estimate of drug-likeness (QED) is 0.835. The van der Waals surface area contributed by atoms with Gasteiger partial charge in [-0.05, 0) is 38.7 Å². The summed E-state index contributed by atoms with van der Waals surface area (Å²) in [4.78, 5) is 28.5. The van der Waals surface area contributed by atoms with Crippen LogP contribution in [0.4, 0.5) is 0 Å². The molecule has 0 spiro atoms. The SMILES string of the molecule is Cc1onc(C(=O)N2CCCCCCNC(=O)[C@@H]3CCCC[C@@H]32)c1Cn1cccn1. The van der Waals surface area contributed by atoms with E-state index < -0.39 is 0 Å². The highest BCUT2D eigenvalue weighted by molar-refractivity contribution is 5.94. The van der Waals surface area contributed by atoms with Crippen LogP contribution in [0.15, 0.2) is 23.0 Å². The van der Waals surface area contributed by atoms with Crippen LogP contribution >= 0.6 is 0 Å². The monoisotopic (exact) mass is 413 g/mol. The molecule has 1 saturated heterocycles. The summed E-state index contributed by atoms with van der Waals surface area (Å²) in [6.07, 6.45) is 11.4. The summed E-state index contributed by atoms with van der Waals surface area (Å²) in [5.74, 6) is 0.443. The minimum atomic E-state index is -0.150. The van der Waals surface area contributed by atoms with E-state index in [0.29, 0.717) is 24.5 Å². The Kier molecular flexibility index (Phi) is 6.50. The second-order valence-electron chi connectivity index (χ2n) is 8.43. The third-order valence-electron chi connectivity index (χ3n) is 6.42. The fourth-order valence-electron chi connectivity index (χ4n) is 4.75. The maximum atomic E-state index is 13.7. The molecule has 8 heteroatoms. The molecule has 3 heterocycles. The van der Waals surface area contributed by atoms with E-state index in [4.69, 9.17) is 4.52 Å². The highest BCUT2D eigenvalue weighted by atomic mass is 16.5. The van der Waals surface area contributed by atoms with Gasteiger partial charge in [-0.2, -0.15) is 5.10 Å². The number of aromatic nitrogens is 3. The zero-order valence-electron chi connectivity index (χ0n) is 17.7. The fraction of sp³-hybridized carbons (Fsp3) is 0.636. The van der Waals surface area contributed by atoms with Crippen molar-refractivity contribution in [3.8, 4) is 0 Å². The number of carbonyl (C=O) groups excluding carboxylic acids is 2. The van der Waals surface area contributed by atoms with Gasteiger partial charge in [-0.25, -0.2) is 0 Å². The van der Waals surface area contributed by atoms with Gasteiger partial charge in [-0.15, -0.1) is 0 Å². The van der Waals surface area contributed by atoms with Gasteiger partial charge in [0.05, 0.1) is 12.5 Å². The van der Waals surface area contributed by atoms with Gasteiger partial charge in [-0.1, -0.05) is 30.8 Å². The Labute approximate surface area is 177 Å². The lowest BCUT2D eigenvalue weighted by molar-refractivity contribution is -0.128. The number of nitrogens with one attached hydrogen (secondary N) is 1. The molecule has 1 aliphatic heterocycles. The molecule has 0 radical (unpaired) electrons. The molecule has 2 amide bonds. The first-order chi connectivity index (χ1) is 14.6. The highest BCUT2D eigenvalue weighted by Crippen LogP contribution is 2.31. The molecule has 1 saturated carbocycles. The standard InChI is InChI=1S/C22H31N5O3/c1-16-18(15-26-13-8-12-24-26)20(25-30-16)22(29)27-14-7-3-2-6-11-23-21(28)17-9-4-5-10-19(17)27/h8,12-13,17,19H,2-7,9-11,14-15H2,1H3,(H,23,28)/t17-,19+/m1/s1. The lowest BCUT2D eigenvalue weighted by Crippen LogP contribution is -2.51. The Bertz CT molecular complexity index is 860. The average Bonchev–Trinajstić information content (AvgIpc) is 3.39. The molecule has 1 N–H and O–H groups in total. The number of amides is 2. The molecular weight excluding hydrogens is 382 g/mol. The molecule has 2 atom stereocenters. The summed E-state index contributed by atoms with van der Waals surface area (Å²) in [5, 5.41) is 11.5. The van der Waals surface area contributed by atoms with Gasteiger partial charge in [0, 0.05) is 37.1 Å². The first-order valence-corrected chi connectivity index (χ1v) is 11.2. The number of rotatable bonds is 3. The number of hydrogen-bond acceptors (Lipinski definition) is 5. The predicted molar refractivity (Wildman–Crippen MR) is 111 cm³/mol. The summed E-state index contributed by atoms with van der Waals surface area (Å²) >= 11 is 0. The number of carbonyl (C=O) groups is 2. The molecule has 0 unspecified atom stereocenters. The van der Waals surface area contributed by atoms with Gasteiger partial charge < -0.3 is 14.7 Å². The van der Waals surface area contributed by atoms with Crippen LogP contribution in [0.1, 0.15) is 73.2 Å². The van der Waals surface area contributed by atoms with Crippen molar-refractivity contribution in [2.45, 2.75) is 70.9 Å². The first-order valence-electron chi connectivity index (χ1n) is 11.2. The fourth-order valence-corrected chi connectivity index (χ4v) is 4.75. The average molecular weight is 414 g/mol. The molecular formula is C22H31N5O3. The number of aryl methyl sites for hydroxylation is 1. The summed E-state index contributed by atoms with van der Waals surface area (Å²) in [7, 11) is 0. The third-order valence-corrected chi connectivity index (χ3v) is 6.42. The molecule has 0 aromatic carbocycles. The molecule has 4 rings (SSSR count). The van der Waals surface area contributed by atoms with E-state index in [-0.39, 0.29) is 23.8 Å². The van der Waals surface area contributed by atoms with Gasteiger partial charge >= 0.3 is 0 Å². The van der Waals surface area contributed by atoms with Crippen LogP contribution in [0.3, 0.4) is 0 Å². The van der Waals surface area contributed by atoms with E-state index in [1.165, 1.54) is 0 Å². The molecule has 0 bridgehead atoms. The smallest absolute Gasteiger partial charge is 0.276 e. The highest BCUT2D eigenvalue weighted by Gasteiger charge is 2.38. The van der Waals surface area contributed by atoms with Crippen molar-refractivity contribution in [2.24, 2.45) is 5.92 Å². The lowest BCUT2D eigenvalue weighted by atomic mass is 9.82. The second kappa shape index (κ2) is 9.45. The van der Waals surface area contributed by atoms with Gasteiger partial charge in [0.15, 0.2) is 5.69 Å². The zero-order chi connectivity index (χ0) is 20.9. The van der Waals surface area contributed by atoms with E-state index in [1.807, 2.05) is 24.1 Å². The topological polar surface area (TPSA) is 93.3 Å². The van der Waals surface area contributed by atoms with E-state index in [9.17, 15) is 9.59 Å². The first kappa shape index (κ1) is 20.6. The molecule has 162 valence electrons. The van der Waals surface area contributed by atoms with Gasteiger partial charge in [-0.3, -0.25) is 14.3 Å². The Morgan fingerprint density at radius 1 is 1.20 bits per heavy atom. The van der Waals surface area contributed by atoms with Crippen LogP contribution in [0.5, 0.6) is 0 Å². The van der Waals surface area contributed by atoms with Crippen molar-refractivity contribution in [3.63, 3.8) is 0 Å². The normalized spacial score (nSPS) is 23.4. The van der Waals surface area contributed by atoms with E-state index in [1.54, 1.807) is 10.9 Å². The van der Waals surface area contributed by atoms with Crippen LogP contribution in [0.25, 0.3) is 0 Å². The second-order valence-corrected chi connectivity index (χ2v) is 8.43. The summed E-state index contributed by atoms with van der Waals surface area (Å²) < 4.78 is 7.18. The molecule has 2 aliphatic rings. The van der Waals surface area contributed by atoms with Crippen LogP contribution in [-0.2, 0) is 11.3 Å². The Hall–Kier alpha value is -2.64. The largest absolute Gasteiger partial charge is 0.361 e. The van der Waals surface area contributed by atoms with Crippen LogP contribution in [0.2, 0.25) is 0 Å². The minimum absolute atomic E-state index is 0.0843. The summed E-state index contributed by atoms with van der Waals surface area (Å²) in [6, 6.07) is 1.77. The number of nitrogens with zero attached hydrogens (tertiary/aromatic N) is 4. The van der Waals surface area contributed by atoms with Gasteiger partial charge in [0.1, 0.15) is 5.76 Å². The third kappa shape index (κ3) is 4.42. The summed E-state index contributed by atoms with van der Waals surface area (Å²) in [5.41, 5.74) is 1.11. The van der Waals surface area contributed by atoms with Crippen LogP contribution in [0, 0.1) is 12.8 Å². The van der Waals surface area contributed by atoms with Crippen molar-refractivity contribution in [1.29, 1.82) is 0 Å². The lowest BCUT2D eigenvalue weighted by Gasteiger charge is -2.39. The van der Waals surface area contributed by atoms with E-state index in [0.717, 1.165) is 63.5 Å².